The van der Waals surface area contributed by atoms with Crippen LogP contribution in [0.4, 0.5) is 0 Å². The predicted octanol–water partition coefficient (Wildman–Crippen LogP) is 4.33. The van der Waals surface area contributed by atoms with E-state index in [0.717, 1.165) is 16.8 Å². The Hall–Kier alpha value is -2.65. The second-order valence-corrected chi connectivity index (χ2v) is 5.54. The summed E-state index contributed by atoms with van der Waals surface area (Å²) in [7, 11) is 0. The Morgan fingerprint density at radius 2 is 1.70 bits per heavy atom. The molecule has 114 valence electrons. The summed E-state index contributed by atoms with van der Waals surface area (Å²) in [5.74, 6) is -0.146. The molecule has 0 spiro atoms. The van der Waals surface area contributed by atoms with Crippen molar-refractivity contribution in [2.75, 3.05) is 0 Å². The molecule has 0 unspecified atom stereocenters. The standard InChI is InChI=1S/C19H15ClN2O/c20-17-9-6-14(7-10-17)12-22-19(23)16-8-11-18(21-13-16)15-4-2-1-3-5-15/h1-11,13H,12H2,(H,22,23). The number of carbonyl (C=O) groups excluding carboxylic acids is 1. The molecule has 3 nitrogen and oxygen atoms in total. The van der Waals surface area contributed by atoms with E-state index in [-0.39, 0.29) is 5.91 Å². The number of hydrogen-bond acceptors (Lipinski definition) is 2. The summed E-state index contributed by atoms with van der Waals surface area (Å²) >= 11 is 5.84. The number of carbonyl (C=O) groups is 1. The second kappa shape index (κ2) is 7.07. The van der Waals surface area contributed by atoms with Crippen LogP contribution in [0.3, 0.4) is 0 Å². The van der Waals surface area contributed by atoms with E-state index in [1.807, 2.05) is 48.5 Å². The van der Waals surface area contributed by atoms with Crippen LogP contribution in [0, 0.1) is 0 Å². The fraction of sp³-hybridized carbons (Fsp3) is 0.0526. The van der Waals surface area contributed by atoms with Gasteiger partial charge in [0.05, 0.1) is 11.3 Å². The lowest BCUT2D eigenvalue weighted by Gasteiger charge is -2.06. The Bertz CT molecular complexity index is 784. The molecule has 3 aromatic rings. The highest BCUT2D eigenvalue weighted by atomic mass is 35.5. The molecule has 0 aliphatic heterocycles. The molecule has 3 rings (SSSR count). The van der Waals surface area contributed by atoms with E-state index < -0.39 is 0 Å². The van der Waals surface area contributed by atoms with Crippen molar-refractivity contribution in [2.24, 2.45) is 0 Å². The van der Waals surface area contributed by atoms with E-state index in [4.69, 9.17) is 11.6 Å². The Kier molecular flexibility index (Phi) is 4.69. The van der Waals surface area contributed by atoms with Crippen molar-refractivity contribution in [1.29, 1.82) is 0 Å². The first-order chi connectivity index (χ1) is 11.2. The SMILES string of the molecule is O=C(NCc1ccc(Cl)cc1)c1ccc(-c2ccccc2)nc1. The van der Waals surface area contributed by atoms with E-state index in [9.17, 15) is 4.79 Å². The number of nitrogens with one attached hydrogen (secondary N) is 1. The average Bonchev–Trinajstić information content (AvgIpc) is 2.62. The molecule has 1 N–H and O–H groups in total. The van der Waals surface area contributed by atoms with Gasteiger partial charge in [-0.05, 0) is 29.8 Å². The number of halogens is 1. The molecule has 0 saturated carbocycles. The normalized spacial score (nSPS) is 10.3. The molecule has 0 aliphatic rings. The van der Waals surface area contributed by atoms with E-state index in [0.29, 0.717) is 17.1 Å². The van der Waals surface area contributed by atoms with Crippen molar-refractivity contribution in [1.82, 2.24) is 10.3 Å². The summed E-state index contributed by atoms with van der Waals surface area (Å²) in [5.41, 5.74) is 3.41. The minimum absolute atomic E-state index is 0.146. The molecule has 0 fully saturated rings. The van der Waals surface area contributed by atoms with Gasteiger partial charge in [-0.2, -0.15) is 0 Å². The van der Waals surface area contributed by atoms with Crippen LogP contribution in [0.1, 0.15) is 15.9 Å². The van der Waals surface area contributed by atoms with Crippen LogP contribution >= 0.6 is 11.6 Å². The maximum Gasteiger partial charge on any atom is 0.253 e. The van der Waals surface area contributed by atoms with Crippen LogP contribution in [0.25, 0.3) is 11.3 Å². The summed E-state index contributed by atoms with van der Waals surface area (Å²) in [6.07, 6.45) is 1.60. The second-order valence-electron chi connectivity index (χ2n) is 5.11. The zero-order chi connectivity index (χ0) is 16.1. The van der Waals surface area contributed by atoms with Crippen LogP contribution in [0.5, 0.6) is 0 Å². The van der Waals surface area contributed by atoms with Gasteiger partial charge in [-0.15, -0.1) is 0 Å². The van der Waals surface area contributed by atoms with Crippen molar-refractivity contribution in [3.63, 3.8) is 0 Å². The number of benzene rings is 2. The lowest BCUT2D eigenvalue weighted by Crippen LogP contribution is -2.22. The molecular formula is C19H15ClN2O. The molecule has 1 heterocycles. The fourth-order valence-electron chi connectivity index (χ4n) is 2.19. The van der Waals surface area contributed by atoms with Gasteiger partial charge in [0.15, 0.2) is 0 Å². The lowest BCUT2D eigenvalue weighted by molar-refractivity contribution is 0.0950. The topological polar surface area (TPSA) is 42.0 Å². The van der Waals surface area contributed by atoms with E-state index in [2.05, 4.69) is 10.3 Å². The van der Waals surface area contributed by atoms with Crippen LogP contribution < -0.4 is 5.32 Å². The van der Waals surface area contributed by atoms with Crippen LogP contribution in [-0.2, 0) is 6.54 Å². The van der Waals surface area contributed by atoms with E-state index in [1.165, 1.54) is 0 Å². The lowest BCUT2D eigenvalue weighted by atomic mass is 10.1. The first kappa shape index (κ1) is 15.3. The van der Waals surface area contributed by atoms with Crippen LogP contribution in [0.15, 0.2) is 72.9 Å². The van der Waals surface area contributed by atoms with Gasteiger partial charge in [0.2, 0.25) is 0 Å². The van der Waals surface area contributed by atoms with Gasteiger partial charge >= 0.3 is 0 Å². The van der Waals surface area contributed by atoms with E-state index >= 15 is 0 Å². The Balaban J connectivity index is 1.65. The molecular weight excluding hydrogens is 308 g/mol. The third-order valence-corrected chi connectivity index (χ3v) is 3.71. The van der Waals surface area contributed by atoms with Gasteiger partial charge in [0, 0.05) is 23.3 Å². The van der Waals surface area contributed by atoms with Gasteiger partial charge in [-0.3, -0.25) is 9.78 Å². The zero-order valence-electron chi connectivity index (χ0n) is 12.4. The summed E-state index contributed by atoms with van der Waals surface area (Å²) in [4.78, 5) is 16.5. The Morgan fingerprint density at radius 3 is 2.35 bits per heavy atom. The first-order valence-corrected chi connectivity index (χ1v) is 7.64. The van der Waals surface area contributed by atoms with Crippen molar-refractivity contribution in [3.05, 3.63) is 89.1 Å². The van der Waals surface area contributed by atoms with Crippen molar-refractivity contribution >= 4 is 17.5 Å². The predicted molar refractivity (Wildman–Crippen MR) is 92.3 cm³/mol. The fourth-order valence-corrected chi connectivity index (χ4v) is 2.32. The Morgan fingerprint density at radius 1 is 0.957 bits per heavy atom. The number of amides is 1. The van der Waals surface area contributed by atoms with Crippen molar-refractivity contribution in [3.8, 4) is 11.3 Å². The smallest absolute Gasteiger partial charge is 0.253 e. The summed E-state index contributed by atoms with van der Waals surface area (Å²) in [6.45, 7) is 0.455. The maximum absolute atomic E-state index is 12.2. The summed E-state index contributed by atoms with van der Waals surface area (Å²) in [6, 6.07) is 20.9. The highest BCUT2D eigenvalue weighted by molar-refractivity contribution is 6.30. The maximum atomic E-state index is 12.2. The minimum Gasteiger partial charge on any atom is -0.348 e. The highest BCUT2D eigenvalue weighted by Crippen LogP contribution is 2.16. The third-order valence-electron chi connectivity index (χ3n) is 3.46. The Labute approximate surface area is 140 Å². The molecule has 0 aliphatic carbocycles. The number of rotatable bonds is 4. The first-order valence-electron chi connectivity index (χ1n) is 7.26. The monoisotopic (exact) mass is 322 g/mol. The van der Waals surface area contributed by atoms with Crippen LogP contribution in [0.2, 0.25) is 5.02 Å². The molecule has 1 amide bonds. The number of pyridine rings is 1. The summed E-state index contributed by atoms with van der Waals surface area (Å²) < 4.78 is 0. The largest absolute Gasteiger partial charge is 0.348 e. The van der Waals surface area contributed by atoms with Gasteiger partial charge in [-0.1, -0.05) is 54.1 Å². The average molecular weight is 323 g/mol. The molecule has 4 heteroatoms. The number of aromatic nitrogens is 1. The molecule has 0 radical (unpaired) electrons. The van der Waals surface area contributed by atoms with Crippen molar-refractivity contribution < 1.29 is 4.79 Å². The summed E-state index contributed by atoms with van der Waals surface area (Å²) in [5, 5.41) is 3.55. The van der Waals surface area contributed by atoms with Gasteiger partial charge < -0.3 is 5.32 Å². The molecule has 23 heavy (non-hydrogen) atoms. The zero-order valence-corrected chi connectivity index (χ0v) is 13.1. The highest BCUT2D eigenvalue weighted by Gasteiger charge is 2.06. The van der Waals surface area contributed by atoms with Crippen LogP contribution in [-0.4, -0.2) is 10.9 Å². The molecule has 0 saturated heterocycles. The molecule has 1 aromatic heterocycles. The van der Waals surface area contributed by atoms with Gasteiger partial charge in [-0.25, -0.2) is 0 Å². The molecule has 2 aromatic carbocycles. The molecule has 0 bridgehead atoms. The quantitative estimate of drug-likeness (QED) is 0.776. The number of hydrogen-bond donors (Lipinski definition) is 1. The van der Waals surface area contributed by atoms with Gasteiger partial charge in [0.1, 0.15) is 0 Å². The van der Waals surface area contributed by atoms with Crippen molar-refractivity contribution in [2.45, 2.75) is 6.54 Å². The number of nitrogens with zero attached hydrogens (tertiary/aromatic N) is 1. The van der Waals surface area contributed by atoms with Gasteiger partial charge in [0.25, 0.3) is 5.91 Å². The van der Waals surface area contributed by atoms with E-state index in [1.54, 1.807) is 24.4 Å². The minimum atomic E-state index is -0.146. The third kappa shape index (κ3) is 3.96. The molecule has 0 atom stereocenters.